The number of nitrogens with zero attached hydrogens (tertiary/aromatic N) is 1. The van der Waals surface area contributed by atoms with Gasteiger partial charge in [0.25, 0.3) is 0 Å². The number of rotatable bonds is 2. The molecule has 0 unspecified atom stereocenters. The Hall–Kier alpha value is -0.570. The summed E-state index contributed by atoms with van der Waals surface area (Å²) < 4.78 is 0. The number of carbonyl (C=O) groups is 1. The van der Waals surface area contributed by atoms with Gasteiger partial charge in [0.1, 0.15) is 0 Å². The second-order valence-electron chi connectivity index (χ2n) is 4.13. The molecule has 2 aliphatic rings. The molecule has 1 heterocycles. The minimum Gasteiger partial charge on any atom is -0.396 e. The zero-order chi connectivity index (χ0) is 9.26. The first-order chi connectivity index (χ1) is 6.33. The van der Waals surface area contributed by atoms with Crippen molar-refractivity contribution in [1.29, 1.82) is 0 Å². The molecule has 2 fully saturated rings. The number of carbonyl (C=O) groups excluding carboxylic acids is 1. The molecule has 0 radical (unpaired) electrons. The van der Waals surface area contributed by atoms with Gasteiger partial charge in [-0.25, -0.2) is 0 Å². The summed E-state index contributed by atoms with van der Waals surface area (Å²) in [6, 6.07) is 0.347. The Labute approximate surface area is 78.7 Å². The fourth-order valence-corrected chi connectivity index (χ4v) is 2.66. The van der Waals surface area contributed by atoms with Crippen molar-refractivity contribution in [3.8, 4) is 0 Å². The Morgan fingerprint density at radius 1 is 1.38 bits per heavy atom. The summed E-state index contributed by atoms with van der Waals surface area (Å²) >= 11 is 0. The van der Waals surface area contributed by atoms with Crippen LogP contribution in [0.4, 0.5) is 0 Å². The van der Waals surface area contributed by atoms with Crippen molar-refractivity contribution in [3.05, 3.63) is 0 Å². The highest BCUT2D eigenvalue weighted by Crippen LogP contribution is 2.31. The molecule has 2 atom stereocenters. The largest absolute Gasteiger partial charge is 0.396 e. The van der Waals surface area contributed by atoms with Crippen molar-refractivity contribution in [1.82, 2.24) is 4.90 Å². The standard InChI is InChI=1S/C10H17NO2/c12-7-8-3-1-4-9(8)11-6-2-5-10(11)13/h8-9,12H,1-7H2/t8-,9-/m0/s1. The van der Waals surface area contributed by atoms with Crippen molar-refractivity contribution in [3.63, 3.8) is 0 Å². The average molecular weight is 183 g/mol. The first kappa shape index (κ1) is 9.00. The molecule has 3 nitrogen and oxygen atoms in total. The molecule has 1 aliphatic heterocycles. The van der Waals surface area contributed by atoms with E-state index in [0.717, 1.165) is 25.8 Å². The van der Waals surface area contributed by atoms with Crippen LogP contribution in [-0.4, -0.2) is 35.1 Å². The topological polar surface area (TPSA) is 40.5 Å². The van der Waals surface area contributed by atoms with Crippen LogP contribution < -0.4 is 0 Å². The van der Waals surface area contributed by atoms with Crippen LogP contribution in [0.2, 0.25) is 0 Å². The lowest BCUT2D eigenvalue weighted by Crippen LogP contribution is -2.39. The average Bonchev–Trinajstić information content (AvgIpc) is 2.71. The SMILES string of the molecule is O=C1CCCN1[C@H]1CCC[C@H]1CO. The Bertz CT molecular complexity index is 205. The van der Waals surface area contributed by atoms with Gasteiger partial charge in [-0.3, -0.25) is 4.79 Å². The van der Waals surface area contributed by atoms with Gasteiger partial charge in [0.2, 0.25) is 5.91 Å². The molecule has 0 aromatic carbocycles. The third-order valence-electron chi connectivity index (χ3n) is 3.36. The van der Waals surface area contributed by atoms with Crippen LogP contribution in [0, 0.1) is 5.92 Å². The van der Waals surface area contributed by atoms with Gasteiger partial charge in [-0.1, -0.05) is 6.42 Å². The van der Waals surface area contributed by atoms with Gasteiger partial charge in [0.15, 0.2) is 0 Å². The fourth-order valence-electron chi connectivity index (χ4n) is 2.66. The third-order valence-corrected chi connectivity index (χ3v) is 3.36. The molecule has 0 aromatic heterocycles. The zero-order valence-electron chi connectivity index (χ0n) is 7.91. The van der Waals surface area contributed by atoms with Gasteiger partial charge in [-0.2, -0.15) is 0 Å². The molecule has 1 saturated carbocycles. The maximum absolute atomic E-state index is 11.5. The predicted octanol–water partition coefficient (Wildman–Crippen LogP) is 0.770. The van der Waals surface area contributed by atoms with Gasteiger partial charge in [-0.15, -0.1) is 0 Å². The second kappa shape index (κ2) is 3.66. The summed E-state index contributed by atoms with van der Waals surface area (Å²) in [6.45, 7) is 1.16. The highest BCUT2D eigenvalue weighted by molar-refractivity contribution is 5.78. The molecule has 2 rings (SSSR count). The Morgan fingerprint density at radius 3 is 2.85 bits per heavy atom. The number of hydrogen-bond acceptors (Lipinski definition) is 2. The quantitative estimate of drug-likeness (QED) is 0.687. The molecule has 1 amide bonds. The molecular weight excluding hydrogens is 166 g/mol. The van der Waals surface area contributed by atoms with E-state index in [2.05, 4.69) is 0 Å². The number of likely N-dealkylation sites (tertiary alicyclic amines) is 1. The lowest BCUT2D eigenvalue weighted by molar-refractivity contribution is -0.130. The fraction of sp³-hybridized carbons (Fsp3) is 0.900. The van der Waals surface area contributed by atoms with Crippen molar-refractivity contribution < 1.29 is 9.90 Å². The summed E-state index contributed by atoms with van der Waals surface area (Å²) in [5.41, 5.74) is 0. The molecule has 13 heavy (non-hydrogen) atoms. The van der Waals surface area contributed by atoms with E-state index in [4.69, 9.17) is 5.11 Å². The molecule has 0 aromatic rings. The van der Waals surface area contributed by atoms with Crippen molar-refractivity contribution >= 4 is 5.91 Å². The minimum absolute atomic E-state index is 0.244. The Kier molecular flexibility index (Phi) is 2.54. The van der Waals surface area contributed by atoms with Gasteiger partial charge < -0.3 is 10.0 Å². The Morgan fingerprint density at radius 2 is 2.23 bits per heavy atom. The van der Waals surface area contributed by atoms with E-state index in [-0.39, 0.29) is 6.61 Å². The van der Waals surface area contributed by atoms with Crippen LogP contribution in [0.3, 0.4) is 0 Å². The summed E-state index contributed by atoms with van der Waals surface area (Å²) in [5.74, 6) is 0.646. The van der Waals surface area contributed by atoms with E-state index in [9.17, 15) is 4.79 Å². The summed E-state index contributed by atoms with van der Waals surface area (Å²) in [5, 5.41) is 9.15. The van der Waals surface area contributed by atoms with Gasteiger partial charge in [-0.05, 0) is 19.3 Å². The van der Waals surface area contributed by atoms with Crippen LogP contribution in [0.5, 0.6) is 0 Å². The van der Waals surface area contributed by atoms with E-state index in [0.29, 0.717) is 24.3 Å². The number of hydrogen-bond donors (Lipinski definition) is 1. The first-order valence-electron chi connectivity index (χ1n) is 5.23. The number of aliphatic hydroxyl groups excluding tert-OH is 1. The van der Waals surface area contributed by atoms with Gasteiger partial charge in [0.05, 0.1) is 0 Å². The van der Waals surface area contributed by atoms with E-state index >= 15 is 0 Å². The molecule has 74 valence electrons. The van der Waals surface area contributed by atoms with E-state index in [1.807, 2.05) is 4.90 Å². The molecule has 0 bridgehead atoms. The highest BCUT2D eigenvalue weighted by atomic mass is 16.3. The smallest absolute Gasteiger partial charge is 0.222 e. The van der Waals surface area contributed by atoms with Crippen molar-refractivity contribution in [2.45, 2.75) is 38.1 Å². The highest BCUT2D eigenvalue weighted by Gasteiger charge is 2.35. The molecule has 1 saturated heterocycles. The van der Waals surface area contributed by atoms with Gasteiger partial charge in [0, 0.05) is 31.5 Å². The Balaban J connectivity index is 2.02. The van der Waals surface area contributed by atoms with Gasteiger partial charge >= 0.3 is 0 Å². The van der Waals surface area contributed by atoms with E-state index < -0.39 is 0 Å². The normalized spacial score (nSPS) is 34.5. The van der Waals surface area contributed by atoms with Crippen LogP contribution >= 0.6 is 0 Å². The summed E-state index contributed by atoms with van der Waals surface area (Å²) in [6.07, 6.45) is 5.07. The van der Waals surface area contributed by atoms with E-state index in [1.165, 1.54) is 6.42 Å². The number of amides is 1. The van der Waals surface area contributed by atoms with E-state index in [1.54, 1.807) is 0 Å². The second-order valence-corrected chi connectivity index (χ2v) is 4.13. The third kappa shape index (κ3) is 1.57. The monoisotopic (exact) mass is 183 g/mol. The van der Waals surface area contributed by atoms with Crippen LogP contribution in [0.25, 0.3) is 0 Å². The molecular formula is C10H17NO2. The van der Waals surface area contributed by atoms with Crippen LogP contribution in [-0.2, 0) is 4.79 Å². The van der Waals surface area contributed by atoms with Crippen LogP contribution in [0.15, 0.2) is 0 Å². The molecule has 1 N–H and O–H groups in total. The maximum atomic E-state index is 11.5. The molecule has 3 heteroatoms. The van der Waals surface area contributed by atoms with Crippen molar-refractivity contribution in [2.75, 3.05) is 13.2 Å². The zero-order valence-corrected chi connectivity index (χ0v) is 7.91. The van der Waals surface area contributed by atoms with Crippen molar-refractivity contribution in [2.24, 2.45) is 5.92 Å². The first-order valence-corrected chi connectivity index (χ1v) is 5.23. The predicted molar refractivity (Wildman–Crippen MR) is 49.2 cm³/mol. The minimum atomic E-state index is 0.244. The molecule has 1 aliphatic carbocycles. The summed E-state index contributed by atoms with van der Waals surface area (Å²) in [4.78, 5) is 13.5. The molecule has 0 spiro atoms. The summed E-state index contributed by atoms with van der Waals surface area (Å²) in [7, 11) is 0. The number of aliphatic hydroxyl groups is 1. The maximum Gasteiger partial charge on any atom is 0.222 e. The lowest BCUT2D eigenvalue weighted by Gasteiger charge is -2.28. The van der Waals surface area contributed by atoms with Crippen LogP contribution in [0.1, 0.15) is 32.1 Å². The lowest BCUT2D eigenvalue weighted by atomic mass is 10.0.